The van der Waals surface area contributed by atoms with Crippen LogP contribution in [0.4, 0.5) is 5.69 Å². The second-order valence-corrected chi connectivity index (χ2v) is 4.49. The van der Waals surface area contributed by atoms with E-state index in [2.05, 4.69) is 0 Å². The molecule has 1 aliphatic heterocycles. The summed E-state index contributed by atoms with van der Waals surface area (Å²) in [5.41, 5.74) is 0.0808. The fourth-order valence-corrected chi connectivity index (χ4v) is 2.16. The molecule has 1 aliphatic rings. The highest BCUT2D eigenvalue weighted by molar-refractivity contribution is 6.02. The summed E-state index contributed by atoms with van der Waals surface area (Å²) in [7, 11) is 0. The van der Waals surface area contributed by atoms with Crippen molar-refractivity contribution < 1.29 is 9.72 Å². The number of nitro groups is 1. The molecular weight excluding hydrogens is 258 g/mol. The molecule has 1 heterocycles. The fourth-order valence-electron chi connectivity index (χ4n) is 2.16. The van der Waals surface area contributed by atoms with Crippen LogP contribution in [-0.4, -0.2) is 28.8 Å². The second-order valence-electron chi connectivity index (χ2n) is 4.49. The van der Waals surface area contributed by atoms with Gasteiger partial charge < -0.3 is 4.90 Å². The fraction of sp³-hybridized carbons (Fsp3) is 0.286. The molecule has 0 spiro atoms. The summed E-state index contributed by atoms with van der Waals surface area (Å²) in [6.07, 6.45) is 3.14. The first-order valence-electron chi connectivity index (χ1n) is 6.28. The molecule has 0 aliphatic carbocycles. The number of para-hydroxylation sites is 1. The highest BCUT2D eigenvalue weighted by atomic mass is 16.6. The van der Waals surface area contributed by atoms with Gasteiger partial charge in [0.25, 0.3) is 11.6 Å². The summed E-state index contributed by atoms with van der Waals surface area (Å²) in [6, 6.07) is 7.89. The van der Waals surface area contributed by atoms with E-state index in [1.807, 2.05) is 6.07 Å². The van der Waals surface area contributed by atoms with Gasteiger partial charge in [0.1, 0.15) is 11.6 Å². The van der Waals surface area contributed by atoms with Crippen LogP contribution in [0.15, 0.2) is 29.8 Å². The van der Waals surface area contributed by atoms with Crippen molar-refractivity contribution in [1.82, 2.24) is 4.90 Å². The number of likely N-dealkylation sites (tertiary alicyclic amines) is 1. The lowest BCUT2D eigenvalue weighted by Gasteiger charge is -2.13. The normalized spacial score (nSPS) is 14.9. The van der Waals surface area contributed by atoms with Gasteiger partial charge in [-0.15, -0.1) is 0 Å². The van der Waals surface area contributed by atoms with Crippen molar-refractivity contribution in [2.75, 3.05) is 13.1 Å². The van der Waals surface area contributed by atoms with Gasteiger partial charge in [-0.25, -0.2) is 0 Å². The first-order chi connectivity index (χ1) is 9.63. The van der Waals surface area contributed by atoms with E-state index in [0.29, 0.717) is 13.1 Å². The maximum Gasteiger partial charge on any atom is 0.276 e. The number of benzene rings is 1. The Morgan fingerprint density at radius 3 is 2.60 bits per heavy atom. The van der Waals surface area contributed by atoms with E-state index in [1.54, 1.807) is 17.0 Å². The van der Waals surface area contributed by atoms with Gasteiger partial charge in [-0.3, -0.25) is 14.9 Å². The molecular formula is C14H13N3O3. The standard InChI is InChI=1S/C14H13N3O3/c15-10-12(14(18)16-7-3-4-8-16)9-11-5-1-2-6-13(11)17(19)20/h1-2,5-6,9H,3-4,7-8H2/b12-9-. The average molecular weight is 271 g/mol. The van der Waals surface area contributed by atoms with Crippen molar-refractivity contribution in [2.24, 2.45) is 0 Å². The van der Waals surface area contributed by atoms with Crippen molar-refractivity contribution in [2.45, 2.75) is 12.8 Å². The highest BCUT2D eigenvalue weighted by Crippen LogP contribution is 2.21. The summed E-state index contributed by atoms with van der Waals surface area (Å²) in [5.74, 6) is -0.358. The molecule has 1 fully saturated rings. The lowest BCUT2D eigenvalue weighted by atomic mass is 10.1. The van der Waals surface area contributed by atoms with Crippen LogP contribution in [0.25, 0.3) is 6.08 Å². The zero-order valence-corrected chi connectivity index (χ0v) is 10.8. The van der Waals surface area contributed by atoms with Crippen LogP contribution in [0.2, 0.25) is 0 Å². The third kappa shape index (κ3) is 2.83. The zero-order valence-electron chi connectivity index (χ0n) is 10.8. The van der Waals surface area contributed by atoms with E-state index in [9.17, 15) is 14.9 Å². The lowest BCUT2D eigenvalue weighted by molar-refractivity contribution is -0.385. The first kappa shape index (κ1) is 13.7. The minimum absolute atomic E-state index is 0.0683. The summed E-state index contributed by atoms with van der Waals surface area (Å²) >= 11 is 0. The van der Waals surface area contributed by atoms with E-state index in [4.69, 9.17) is 5.26 Å². The monoisotopic (exact) mass is 271 g/mol. The van der Waals surface area contributed by atoms with Crippen LogP contribution in [0, 0.1) is 21.4 Å². The largest absolute Gasteiger partial charge is 0.338 e. The topological polar surface area (TPSA) is 87.2 Å². The number of rotatable bonds is 3. The molecule has 1 saturated heterocycles. The number of nitriles is 1. The Morgan fingerprint density at radius 1 is 1.35 bits per heavy atom. The van der Waals surface area contributed by atoms with E-state index < -0.39 is 4.92 Å². The van der Waals surface area contributed by atoms with Crippen LogP contribution in [0.3, 0.4) is 0 Å². The molecule has 1 amide bonds. The Hall–Kier alpha value is -2.68. The summed E-state index contributed by atoms with van der Waals surface area (Å²) in [4.78, 5) is 24.1. The molecule has 0 N–H and O–H groups in total. The minimum atomic E-state index is -0.527. The maximum atomic E-state index is 12.1. The number of nitrogens with zero attached hydrogens (tertiary/aromatic N) is 3. The molecule has 6 nitrogen and oxygen atoms in total. The lowest BCUT2D eigenvalue weighted by Crippen LogP contribution is -2.28. The number of amides is 1. The predicted octanol–water partition coefficient (Wildman–Crippen LogP) is 2.12. The molecule has 0 unspecified atom stereocenters. The second kappa shape index (κ2) is 5.97. The molecule has 0 atom stereocenters. The summed E-state index contributed by atoms with van der Waals surface area (Å²) in [6.45, 7) is 1.27. The van der Waals surface area contributed by atoms with Crippen molar-refractivity contribution in [3.63, 3.8) is 0 Å². The molecule has 0 bridgehead atoms. The smallest absolute Gasteiger partial charge is 0.276 e. The van der Waals surface area contributed by atoms with E-state index in [-0.39, 0.29) is 22.7 Å². The van der Waals surface area contributed by atoms with Crippen molar-refractivity contribution >= 4 is 17.7 Å². The van der Waals surface area contributed by atoms with Gasteiger partial charge in [-0.2, -0.15) is 5.26 Å². The van der Waals surface area contributed by atoms with E-state index in [0.717, 1.165) is 12.8 Å². The Balaban J connectivity index is 2.34. The van der Waals surface area contributed by atoms with Gasteiger partial charge >= 0.3 is 0 Å². The van der Waals surface area contributed by atoms with Crippen LogP contribution in [-0.2, 0) is 4.79 Å². The van der Waals surface area contributed by atoms with Crippen molar-refractivity contribution in [3.05, 3.63) is 45.5 Å². The molecule has 6 heteroatoms. The van der Waals surface area contributed by atoms with E-state index in [1.165, 1.54) is 18.2 Å². The highest BCUT2D eigenvalue weighted by Gasteiger charge is 2.22. The van der Waals surface area contributed by atoms with E-state index >= 15 is 0 Å². The van der Waals surface area contributed by atoms with Crippen LogP contribution >= 0.6 is 0 Å². The Kier molecular flexibility index (Phi) is 4.11. The predicted molar refractivity (Wildman–Crippen MR) is 72.5 cm³/mol. The molecule has 1 aromatic rings. The van der Waals surface area contributed by atoms with Crippen LogP contribution in [0.5, 0.6) is 0 Å². The van der Waals surface area contributed by atoms with Gasteiger partial charge in [0.2, 0.25) is 0 Å². The quantitative estimate of drug-likeness (QED) is 0.364. The molecule has 20 heavy (non-hydrogen) atoms. The SMILES string of the molecule is N#C/C(=C/c1ccccc1[N+](=O)[O-])C(=O)N1CCCC1. The molecule has 2 rings (SSSR count). The number of nitro benzene ring substituents is 1. The first-order valence-corrected chi connectivity index (χ1v) is 6.28. The Labute approximate surface area is 116 Å². The molecule has 0 radical (unpaired) electrons. The van der Waals surface area contributed by atoms with Crippen LogP contribution in [0.1, 0.15) is 18.4 Å². The number of carbonyl (C=O) groups excluding carboxylic acids is 1. The van der Waals surface area contributed by atoms with Gasteiger partial charge in [0, 0.05) is 19.2 Å². The Bertz CT molecular complexity index is 610. The third-order valence-electron chi connectivity index (χ3n) is 3.18. The molecule has 0 aromatic heterocycles. The van der Waals surface area contributed by atoms with Gasteiger partial charge in [-0.1, -0.05) is 12.1 Å². The molecule has 1 aromatic carbocycles. The number of hydrogen-bond donors (Lipinski definition) is 0. The van der Waals surface area contributed by atoms with Gasteiger partial charge in [-0.05, 0) is 25.0 Å². The summed E-state index contributed by atoms with van der Waals surface area (Å²) in [5, 5.41) is 20.0. The Morgan fingerprint density at radius 2 is 2.00 bits per heavy atom. The maximum absolute atomic E-state index is 12.1. The van der Waals surface area contributed by atoms with Crippen molar-refractivity contribution in [1.29, 1.82) is 5.26 Å². The average Bonchev–Trinajstić information content (AvgIpc) is 2.98. The van der Waals surface area contributed by atoms with Crippen molar-refractivity contribution in [3.8, 4) is 6.07 Å². The van der Waals surface area contributed by atoms with Gasteiger partial charge in [0.15, 0.2) is 0 Å². The minimum Gasteiger partial charge on any atom is -0.338 e. The summed E-state index contributed by atoms with van der Waals surface area (Å²) < 4.78 is 0. The number of hydrogen-bond acceptors (Lipinski definition) is 4. The van der Waals surface area contributed by atoms with Gasteiger partial charge in [0.05, 0.1) is 10.5 Å². The molecule has 0 saturated carbocycles. The van der Waals surface area contributed by atoms with Crippen LogP contribution < -0.4 is 0 Å². The number of carbonyl (C=O) groups is 1. The zero-order chi connectivity index (χ0) is 14.5. The third-order valence-corrected chi connectivity index (χ3v) is 3.18. The molecule has 102 valence electrons.